The number of halogens is 1. The highest BCUT2D eigenvalue weighted by atomic mass is 79.9. The third-order valence-corrected chi connectivity index (χ3v) is 4.04. The van der Waals surface area contributed by atoms with Crippen LogP contribution in [0.1, 0.15) is 23.0 Å². The van der Waals surface area contributed by atoms with Crippen LogP contribution in [0, 0.1) is 0 Å². The smallest absolute Gasteiger partial charge is 0.289 e. The summed E-state index contributed by atoms with van der Waals surface area (Å²) in [7, 11) is 3.31. The zero-order valence-electron chi connectivity index (χ0n) is 15.8. The van der Waals surface area contributed by atoms with E-state index in [2.05, 4.69) is 31.4 Å². The molecule has 2 rings (SSSR count). The Hall–Kier alpha value is -2.94. The molecule has 1 aromatic carbocycles. The minimum absolute atomic E-state index is 0.112. The number of carbonyl (C=O) groups is 2. The maximum atomic E-state index is 12.0. The molecule has 1 aromatic heterocycles. The molecule has 0 saturated heterocycles. The van der Waals surface area contributed by atoms with Crippen LogP contribution in [0.3, 0.4) is 0 Å². The second-order valence-electron chi connectivity index (χ2n) is 5.75. The van der Waals surface area contributed by atoms with Crippen LogP contribution in [0.5, 0.6) is 11.5 Å². The number of carbonyl (C=O) groups excluding carboxylic acids is 2. The molecule has 0 radical (unpaired) electrons. The van der Waals surface area contributed by atoms with Crippen molar-refractivity contribution >= 4 is 34.0 Å². The SMILES string of the molecule is CCOc1cc(/C=N\NC(=O)c2ccccn2)cc(Br)c1OCC(=O)N(C)C. The predicted molar refractivity (Wildman–Crippen MR) is 109 cm³/mol. The van der Waals surface area contributed by atoms with Crippen molar-refractivity contribution in [2.45, 2.75) is 6.92 Å². The van der Waals surface area contributed by atoms with Gasteiger partial charge in [0, 0.05) is 20.3 Å². The zero-order valence-corrected chi connectivity index (χ0v) is 17.4. The van der Waals surface area contributed by atoms with Gasteiger partial charge in [-0.3, -0.25) is 14.6 Å². The Bertz CT molecular complexity index is 857. The molecule has 0 atom stereocenters. The van der Waals surface area contributed by atoms with Crippen LogP contribution in [-0.2, 0) is 4.79 Å². The average molecular weight is 449 g/mol. The van der Waals surface area contributed by atoms with Crippen molar-refractivity contribution < 1.29 is 19.1 Å². The maximum absolute atomic E-state index is 12.0. The number of nitrogens with zero attached hydrogens (tertiary/aromatic N) is 3. The monoisotopic (exact) mass is 448 g/mol. The number of likely N-dealkylation sites (N-methyl/N-ethyl adjacent to an activating group) is 1. The Morgan fingerprint density at radius 2 is 2.07 bits per heavy atom. The molecule has 0 unspecified atom stereocenters. The van der Waals surface area contributed by atoms with Crippen molar-refractivity contribution in [3.8, 4) is 11.5 Å². The van der Waals surface area contributed by atoms with Crippen LogP contribution < -0.4 is 14.9 Å². The summed E-state index contributed by atoms with van der Waals surface area (Å²) < 4.78 is 11.8. The second-order valence-corrected chi connectivity index (χ2v) is 6.61. The van der Waals surface area contributed by atoms with Crippen molar-refractivity contribution in [2.75, 3.05) is 27.3 Å². The zero-order chi connectivity index (χ0) is 20.5. The molecule has 1 heterocycles. The first-order valence-electron chi connectivity index (χ1n) is 8.46. The summed E-state index contributed by atoms with van der Waals surface area (Å²) in [5, 5.41) is 3.94. The number of ether oxygens (including phenoxy) is 2. The fraction of sp³-hybridized carbons (Fsp3) is 0.263. The third kappa shape index (κ3) is 6.05. The Morgan fingerprint density at radius 3 is 2.71 bits per heavy atom. The van der Waals surface area contributed by atoms with Gasteiger partial charge in [-0.2, -0.15) is 5.10 Å². The number of benzene rings is 1. The van der Waals surface area contributed by atoms with E-state index in [4.69, 9.17) is 9.47 Å². The van der Waals surface area contributed by atoms with E-state index in [-0.39, 0.29) is 18.2 Å². The molecule has 9 heteroatoms. The topological polar surface area (TPSA) is 93.1 Å². The van der Waals surface area contributed by atoms with Gasteiger partial charge < -0.3 is 14.4 Å². The van der Waals surface area contributed by atoms with Gasteiger partial charge in [-0.05, 0) is 52.7 Å². The van der Waals surface area contributed by atoms with E-state index >= 15 is 0 Å². The normalized spacial score (nSPS) is 10.6. The van der Waals surface area contributed by atoms with Crippen molar-refractivity contribution in [3.63, 3.8) is 0 Å². The Labute approximate surface area is 171 Å². The van der Waals surface area contributed by atoms with Crippen LogP contribution in [0.25, 0.3) is 0 Å². The highest BCUT2D eigenvalue weighted by molar-refractivity contribution is 9.10. The Balaban J connectivity index is 2.12. The molecule has 148 valence electrons. The molecule has 0 spiro atoms. The van der Waals surface area contributed by atoms with E-state index in [0.29, 0.717) is 28.1 Å². The molecule has 0 fully saturated rings. The van der Waals surface area contributed by atoms with Gasteiger partial charge in [-0.25, -0.2) is 5.43 Å². The Morgan fingerprint density at radius 1 is 1.29 bits per heavy atom. The minimum atomic E-state index is -0.414. The van der Waals surface area contributed by atoms with Crippen LogP contribution >= 0.6 is 15.9 Å². The van der Waals surface area contributed by atoms with Gasteiger partial charge >= 0.3 is 0 Å². The molecule has 0 saturated carbocycles. The van der Waals surface area contributed by atoms with Crippen molar-refractivity contribution in [2.24, 2.45) is 5.10 Å². The lowest BCUT2D eigenvalue weighted by Crippen LogP contribution is -2.27. The first kappa shape index (κ1) is 21.4. The second kappa shape index (κ2) is 10.4. The minimum Gasteiger partial charge on any atom is -0.490 e. The number of pyridine rings is 1. The molecule has 0 aliphatic rings. The number of hydrogen-bond donors (Lipinski definition) is 1. The van der Waals surface area contributed by atoms with Crippen molar-refractivity contribution in [1.82, 2.24) is 15.3 Å². The lowest BCUT2D eigenvalue weighted by Gasteiger charge is -2.16. The molecule has 1 N–H and O–H groups in total. The van der Waals surface area contributed by atoms with E-state index in [0.717, 1.165) is 0 Å². The first-order chi connectivity index (χ1) is 13.4. The summed E-state index contributed by atoms with van der Waals surface area (Å²) >= 11 is 3.42. The summed E-state index contributed by atoms with van der Waals surface area (Å²) in [6.07, 6.45) is 3.01. The van der Waals surface area contributed by atoms with Gasteiger partial charge in [0.05, 0.1) is 17.3 Å². The van der Waals surface area contributed by atoms with E-state index < -0.39 is 5.91 Å². The molecule has 28 heavy (non-hydrogen) atoms. The van der Waals surface area contributed by atoms with Gasteiger partial charge in [0.1, 0.15) is 5.69 Å². The van der Waals surface area contributed by atoms with Gasteiger partial charge in [0.25, 0.3) is 11.8 Å². The van der Waals surface area contributed by atoms with Gasteiger partial charge in [0.2, 0.25) is 0 Å². The standard InChI is InChI=1S/C19H21BrN4O4/c1-4-27-16-10-13(9-14(20)18(16)28-12-17(25)24(2)3)11-22-23-19(26)15-7-5-6-8-21-15/h5-11H,4,12H2,1-3H3,(H,23,26)/b22-11-. The average Bonchev–Trinajstić information content (AvgIpc) is 2.68. The third-order valence-electron chi connectivity index (χ3n) is 3.45. The molecule has 0 bridgehead atoms. The molecule has 8 nitrogen and oxygen atoms in total. The maximum Gasteiger partial charge on any atom is 0.289 e. The van der Waals surface area contributed by atoms with Crippen LogP contribution in [0.15, 0.2) is 46.1 Å². The van der Waals surface area contributed by atoms with Gasteiger partial charge in [0.15, 0.2) is 18.1 Å². The molecule has 0 aliphatic carbocycles. The summed E-state index contributed by atoms with van der Waals surface area (Å²) in [4.78, 5) is 29.1. The lowest BCUT2D eigenvalue weighted by molar-refractivity contribution is -0.130. The van der Waals surface area contributed by atoms with Crippen molar-refractivity contribution in [1.29, 1.82) is 0 Å². The van der Waals surface area contributed by atoms with Crippen LogP contribution in [0.2, 0.25) is 0 Å². The summed E-state index contributed by atoms with van der Waals surface area (Å²) in [6, 6.07) is 8.49. The highest BCUT2D eigenvalue weighted by Gasteiger charge is 2.14. The molecule has 2 amide bonds. The van der Waals surface area contributed by atoms with Crippen LogP contribution in [-0.4, -0.2) is 55.2 Å². The number of nitrogens with one attached hydrogen (secondary N) is 1. The predicted octanol–water partition coefficient (Wildman–Crippen LogP) is 2.47. The lowest BCUT2D eigenvalue weighted by atomic mass is 10.2. The largest absolute Gasteiger partial charge is 0.490 e. The van der Waals surface area contributed by atoms with E-state index in [1.807, 2.05) is 6.92 Å². The number of amides is 2. The molecule has 0 aliphatic heterocycles. The quantitative estimate of drug-likeness (QED) is 0.494. The fourth-order valence-electron chi connectivity index (χ4n) is 2.05. The summed E-state index contributed by atoms with van der Waals surface area (Å²) in [5.74, 6) is 0.299. The Kier molecular flexibility index (Phi) is 7.94. The van der Waals surface area contributed by atoms with Crippen molar-refractivity contribution in [3.05, 3.63) is 52.3 Å². The number of hydrogen-bond acceptors (Lipinski definition) is 6. The summed E-state index contributed by atoms with van der Waals surface area (Å²) in [6.45, 7) is 2.15. The fourth-order valence-corrected chi connectivity index (χ4v) is 2.62. The molecular weight excluding hydrogens is 428 g/mol. The van der Waals surface area contributed by atoms with E-state index in [1.165, 1.54) is 17.3 Å². The number of rotatable bonds is 8. The van der Waals surface area contributed by atoms with Gasteiger partial charge in [-0.1, -0.05) is 6.07 Å². The van der Waals surface area contributed by atoms with E-state index in [9.17, 15) is 9.59 Å². The number of aromatic nitrogens is 1. The number of hydrazone groups is 1. The molecular formula is C19H21BrN4O4. The molecule has 2 aromatic rings. The van der Waals surface area contributed by atoms with Gasteiger partial charge in [-0.15, -0.1) is 0 Å². The highest BCUT2D eigenvalue weighted by Crippen LogP contribution is 2.36. The van der Waals surface area contributed by atoms with Crippen LogP contribution in [0.4, 0.5) is 0 Å². The first-order valence-corrected chi connectivity index (χ1v) is 9.25. The summed E-state index contributed by atoms with van der Waals surface area (Å²) in [5.41, 5.74) is 3.35. The van der Waals surface area contributed by atoms with E-state index in [1.54, 1.807) is 44.4 Å².